The zero-order valence-electron chi connectivity index (χ0n) is 8.65. The van der Waals surface area contributed by atoms with E-state index in [0.717, 1.165) is 16.9 Å². The minimum atomic E-state index is -3.53. The molecule has 0 aliphatic carbocycles. The van der Waals surface area contributed by atoms with Crippen molar-refractivity contribution in [2.45, 2.75) is 4.21 Å². The lowest BCUT2D eigenvalue weighted by molar-refractivity contribution is 0.587. The van der Waals surface area contributed by atoms with E-state index < -0.39 is 10.0 Å². The van der Waals surface area contributed by atoms with Crippen LogP contribution in [0.4, 0.5) is 0 Å². The van der Waals surface area contributed by atoms with Gasteiger partial charge in [0.2, 0.25) is 0 Å². The van der Waals surface area contributed by atoms with Crippen LogP contribution < -0.4 is 4.83 Å². The highest BCUT2D eigenvalue weighted by Gasteiger charge is 2.12. The number of rotatable bonds is 4. The number of hydrogen-bond acceptors (Lipinski definition) is 5. The maximum atomic E-state index is 11.7. The van der Waals surface area contributed by atoms with Gasteiger partial charge in [-0.2, -0.15) is 18.4 Å². The van der Waals surface area contributed by atoms with E-state index in [1.807, 2.05) is 0 Å². The summed E-state index contributed by atoms with van der Waals surface area (Å²) in [6, 6.07) is 6.65. The molecule has 88 valence electrons. The standard InChI is InChI=1S/C10H9N3O2S2/c14-17(15,10-2-1-7-16-10)13-12-8-9-3-5-11-6-4-9/h1-8,13H/b12-8+. The lowest BCUT2D eigenvalue weighted by atomic mass is 10.3. The Kier molecular flexibility index (Phi) is 3.50. The van der Waals surface area contributed by atoms with E-state index in [2.05, 4.69) is 14.9 Å². The molecule has 7 heteroatoms. The molecule has 0 fully saturated rings. The van der Waals surface area contributed by atoms with Gasteiger partial charge in [-0.25, -0.2) is 0 Å². The summed E-state index contributed by atoms with van der Waals surface area (Å²) in [6.07, 6.45) is 4.64. The summed E-state index contributed by atoms with van der Waals surface area (Å²) in [5.41, 5.74) is 0.772. The van der Waals surface area contributed by atoms with Gasteiger partial charge in [0.15, 0.2) is 0 Å². The first-order valence-electron chi connectivity index (χ1n) is 4.67. The molecule has 0 saturated heterocycles. The minimum absolute atomic E-state index is 0.240. The number of pyridine rings is 1. The highest BCUT2D eigenvalue weighted by molar-refractivity contribution is 7.91. The maximum Gasteiger partial charge on any atom is 0.286 e. The molecule has 2 heterocycles. The number of aromatic nitrogens is 1. The summed E-state index contributed by atoms with van der Waals surface area (Å²) in [5.74, 6) is 0. The van der Waals surface area contributed by atoms with Crippen molar-refractivity contribution >= 4 is 27.6 Å². The zero-order valence-corrected chi connectivity index (χ0v) is 10.3. The Morgan fingerprint density at radius 1 is 1.29 bits per heavy atom. The van der Waals surface area contributed by atoms with Gasteiger partial charge in [-0.3, -0.25) is 4.98 Å². The van der Waals surface area contributed by atoms with Crippen LogP contribution in [0.3, 0.4) is 0 Å². The molecule has 0 saturated carbocycles. The smallest absolute Gasteiger partial charge is 0.265 e. The number of thiophene rings is 1. The van der Waals surface area contributed by atoms with Crippen LogP contribution >= 0.6 is 11.3 Å². The van der Waals surface area contributed by atoms with Crippen molar-refractivity contribution in [2.75, 3.05) is 0 Å². The molecule has 0 aromatic carbocycles. The van der Waals surface area contributed by atoms with Crippen LogP contribution in [0.2, 0.25) is 0 Å². The molecule has 0 radical (unpaired) electrons. The van der Waals surface area contributed by atoms with E-state index in [1.54, 1.807) is 36.0 Å². The highest BCUT2D eigenvalue weighted by Crippen LogP contribution is 2.14. The van der Waals surface area contributed by atoms with Gasteiger partial charge in [0, 0.05) is 12.4 Å². The Morgan fingerprint density at radius 2 is 2.06 bits per heavy atom. The second-order valence-corrected chi connectivity index (χ2v) is 5.90. The topological polar surface area (TPSA) is 71.4 Å². The predicted octanol–water partition coefficient (Wildman–Crippen LogP) is 1.46. The Morgan fingerprint density at radius 3 is 2.71 bits per heavy atom. The van der Waals surface area contributed by atoms with Crippen molar-refractivity contribution in [3.63, 3.8) is 0 Å². The van der Waals surface area contributed by atoms with Crippen LogP contribution in [0.25, 0.3) is 0 Å². The number of nitrogens with one attached hydrogen (secondary N) is 1. The quantitative estimate of drug-likeness (QED) is 0.673. The largest absolute Gasteiger partial charge is 0.286 e. The summed E-state index contributed by atoms with van der Waals surface area (Å²) in [4.78, 5) is 5.99. The van der Waals surface area contributed by atoms with Crippen molar-refractivity contribution in [1.82, 2.24) is 9.82 Å². The van der Waals surface area contributed by atoms with Gasteiger partial charge < -0.3 is 0 Å². The van der Waals surface area contributed by atoms with E-state index in [-0.39, 0.29) is 4.21 Å². The molecule has 0 amide bonds. The van der Waals surface area contributed by atoms with Crippen molar-refractivity contribution < 1.29 is 8.42 Å². The van der Waals surface area contributed by atoms with E-state index in [1.165, 1.54) is 12.3 Å². The lowest BCUT2D eigenvalue weighted by Gasteiger charge is -1.98. The number of nitrogens with zero attached hydrogens (tertiary/aromatic N) is 2. The summed E-state index contributed by atoms with van der Waals surface area (Å²) in [6.45, 7) is 0. The molecule has 0 spiro atoms. The highest BCUT2D eigenvalue weighted by atomic mass is 32.2. The Hall–Kier alpha value is -1.73. The van der Waals surface area contributed by atoms with E-state index in [4.69, 9.17) is 0 Å². The van der Waals surface area contributed by atoms with Crippen LogP contribution in [-0.2, 0) is 10.0 Å². The van der Waals surface area contributed by atoms with Gasteiger partial charge in [-0.15, -0.1) is 11.3 Å². The van der Waals surface area contributed by atoms with Crippen LogP contribution in [0.1, 0.15) is 5.56 Å². The van der Waals surface area contributed by atoms with Gasteiger partial charge in [-0.1, -0.05) is 6.07 Å². The van der Waals surface area contributed by atoms with Crippen molar-refractivity contribution in [1.29, 1.82) is 0 Å². The first-order valence-corrected chi connectivity index (χ1v) is 7.03. The minimum Gasteiger partial charge on any atom is -0.265 e. The monoisotopic (exact) mass is 267 g/mol. The van der Waals surface area contributed by atoms with Gasteiger partial charge in [-0.05, 0) is 29.1 Å². The summed E-state index contributed by atoms with van der Waals surface area (Å²) < 4.78 is 23.6. The third kappa shape index (κ3) is 3.11. The summed E-state index contributed by atoms with van der Waals surface area (Å²) in [7, 11) is -3.53. The van der Waals surface area contributed by atoms with E-state index in [9.17, 15) is 8.42 Å². The van der Waals surface area contributed by atoms with E-state index >= 15 is 0 Å². The van der Waals surface area contributed by atoms with E-state index in [0.29, 0.717) is 0 Å². The third-order valence-corrected chi connectivity index (χ3v) is 4.47. The Balaban J connectivity index is 2.06. The Bertz CT molecular complexity index is 592. The number of hydrazone groups is 1. The predicted molar refractivity (Wildman–Crippen MR) is 66.5 cm³/mol. The van der Waals surface area contributed by atoms with Gasteiger partial charge in [0.05, 0.1) is 6.21 Å². The normalized spacial score (nSPS) is 11.8. The molecule has 17 heavy (non-hydrogen) atoms. The summed E-state index contributed by atoms with van der Waals surface area (Å²) >= 11 is 1.14. The molecule has 0 unspecified atom stereocenters. The van der Waals surface area contributed by atoms with Gasteiger partial charge >= 0.3 is 0 Å². The van der Waals surface area contributed by atoms with Crippen molar-refractivity contribution in [2.24, 2.45) is 5.10 Å². The molecule has 5 nitrogen and oxygen atoms in total. The van der Waals surface area contributed by atoms with Crippen LogP contribution in [0, 0.1) is 0 Å². The molecule has 0 atom stereocenters. The first kappa shape index (κ1) is 11.7. The fraction of sp³-hybridized carbons (Fsp3) is 0. The molecule has 0 aliphatic rings. The number of sulfonamides is 1. The van der Waals surface area contributed by atoms with Gasteiger partial charge in [0.25, 0.3) is 10.0 Å². The summed E-state index contributed by atoms with van der Waals surface area (Å²) in [5, 5.41) is 5.38. The third-order valence-electron chi connectivity index (χ3n) is 1.85. The van der Waals surface area contributed by atoms with Crippen molar-refractivity contribution in [3.8, 4) is 0 Å². The fourth-order valence-corrected chi connectivity index (χ4v) is 2.85. The second-order valence-electron chi connectivity index (χ2n) is 3.07. The fourth-order valence-electron chi connectivity index (χ4n) is 1.08. The molecule has 2 aromatic rings. The van der Waals surface area contributed by atoms with Crippen LogP contribution in [0.5, 0.6) is 0 Å². The van der Waals surface area contributed by atoms with Crippen LogP contribution in [-0.4, -0.2) is 19.6 Å². The molecular formula is C10H9N3O2S2. The average molecular weight is 267 g/mol. The Labute approximate surface area is 103 Å². The SMILES string of the molecule is O=S(=O)(N/N=C/c1ccncc1)c1cccs1. The molecule has 2 aromatic heterocycles. The van der Waals surface area contributed by atoms with Gasteiger partial charge in [0.1, 0.15) is 4.21 Å². The maximum absolute atomic E-state index is 11.7. The molecule has 2 rings (SSSR count). The van der Waals surface area contributed by atoms with Crippen molar-refractivity contribution in [3.05, 3.63) is 47.6 Å². The molecule has 0 aliphatic heterocycles. The number of hydrogen-bond donors (Lipinski definition) is 1. The first-order chi connectivity index (χ1) is 8.18. The molecule has 0 bridgehead atoms. The molecule has 1 N–H and O–H groups in total. The lowest BCUT2D eigenvalue weighted by Crippen LogP contribution is -2.17. The second kappa shape index (κ2) is 5.07. The molecular weight excluding hydrogens is 258 g/mol. The van der Waals surface area contributed by atoms with Crippen LogP contribution in [0.15, 0.2) is 51.3 Å². The zero-order chi connectivity index (χ0) is 12.1. The average Bonchev–Trinajstić information content (AvgIpc) is 2.84.